The molecular formula is C24H17BrF3NO5. The summed E-state index contributed by atoms with van der Waals surface area (Å²) in [6, 6.07) is 17.1. The van der Waals surface area contributed by atoms with Crippen molar-refractivity contribution in [3.05, 3.63) is 87.9 Å². The number of aliphatic carboxylic acids is 1. The van der Waals surface area contributed by atoms with Crippen LogP contribution >= 0.6 is 15.9 Å². The first-order valence-corrected chi connectivity index (χ1v) is 10.8. The highest BCUT2D eigenvalue weighted by atomic mass is 79.9. The Bertz CT molecular complexity index is 1200. The number of nitrogens with one attached hydrogen (secondary N) is 1. The van der Waals surface area contributed by atoms with E-state index in [1.54, 1.807) is 0 Å². The third-order valence-electron chi connectivity index (χ3n) is 5.37. The van der Waals surface area contributed by atoms with Crippen molar-refractivity contribution in [3.8, 4) is 16.9 Å². The molecule has 1 aliphatic carbocycles. The maximum absolute atomic E-state index is 12.6. The summed E-state index contributed by atoms with van der Waals surface area (Å²) in [6.45, 7) is -0.0467. The van der Waals surface area contributed by atoms with Crippen LogP contribution < -0.4 is 10.1 Å². The second-order valence-electron chi connectivity index (χ2n) is 7.48. The van der Waals surface area contributed by atoms with Crippen LogP contribution in [0.15, 0.2) is 71.2 Å². The Morgan fingerprint density at radius 2 is 1.59 bits per heavy atom. The molecule has 0 spiro atoms. The minimum atomic E-state index is -4.97. The van der Waals surface area contributed by atoms with Crippen molar-refractivity contribution >= 4 is 28.0 Å². The fourth-order valence-electron chi connectivity index (χ4n) is 3.95. The second-order valence-corrected chi connectivity index (χ2v) is 8.33. The van der Waals surface area contributed by atoms with Crippen molar-refractivity contribution in [2.24, 2.45) is 0 Å². The van der Waals surface area contributed by atoms with Gasteiger partial charge in [0.15, 0.2) is 6.04 Å². The number of rotatable bonds is 6. The average Bonchev–Trinajstić information content (AvgIpc) is 3.10. The van der Waals surface area contributed by atoms with Crippen molar-refractivity contribution in [2.45, 2.75) is 18.3 Å². The van der Waals surface area contributed by atoms with Crippen LogP contribution in [0, 0.1) is 0 Å². The van der Waals surface area contributed by atoms with Gasteiger partial charge in [0, 0.05) is 5.92 Å². The number of alkyl halides is 3. The molecule has 0 saturated heterocycles. The molecule has 1 atom stereocenters. The van der Waals surface area contributed by atoms with E-state index in [1.807, 2.05) is 48.5 Å². The average molecular weight is 536 g/mol. The van der Waals surface area contributed by atoms with E-state index < -0.39 is 30.2 Å². The Morgan fingerprint density at radius 1 is 1.00 bits per heavy atom. The molecule has 0 aromatic heterocycles. The summed E-state index contributed by atoms with van der Waals surface area (Å²) in [5.41, 5.74) is 3.90. The number of fused-ring (bicyclic) bond motifs is 3. The van der Waals surface area contributed by atoms with Gasteiger partial charge in [0.25, 0.3) is 0 Å². The SMILES string of the molecule is O=C(NC(C(=O)O)c1ccc(Br)c(OC(F)(F)F)c1)OCC1c2ccccc2-c2ccccc21. The highest BCUT2D eigenvalue weighted by Crippen LogP contribution is 2.44. The maximum atomic E-state index is 12.6. The van der Waals surface area contributed by atoms with Crippen LogP contribution in [0.25, 0.3) is 11.1 Å². The van der Waals surface area contributed by atoms with E-state index in [9.17, 15) is 27.9 Å². The summed E-state index contributed by atoms with van der Waals surface area (Å²) in [4.78, 5) is 24.2. The molecule has 0 bridgehead atoms. The van der Waals surface area contributed by atoms with Crippen LogP contribution in [0.4, 0.5) is 18.0 Å². The van der Waals surface area contributed by atoms with Gasteiger partial charge in [-0.25, -0.2) is 9.59 Å². The summed E-state index contributed by atoms with van der Waals surface area (Å²) in [6.07, 6.45) is -5.99. The summed E-state index contributed by atoms with van der Waals surface area (Å²) < 4.78 is 47.1. The number of carbonyl (C=O) groups is 2. The van der Waals surface area contributed by atoms with Crippen LogP contribution in [0.3, 0.4) is 0 Å². The van der Waals surface area contributed by atoms with Crippen LogP contribution in [0.2, 0.25) is 0 Å². The zero-order valence-corrected chi connectivity index (χ0v) is 18.9. The molecule has 34 heavy (non-hydrogen) atoms. The quantitative estimate of drug-likeness (QED) is 0.403. The first kappa shape index (κ1) is 23.6. The molecule has 0 radical (unpaired) electrons. The van der Waals surface area contributed by atoms with Crippen molar-refractivity contribution in [1.82, 2.24) is 5.32 Å². The number of ether oxygens (including phenoxy) is 2. The lowest BCUT2D eigenvalue weighted by Crippen LogP contribution is -2.35. The first-order chi connectivity index (χ1) is 16.1. The van der Waals surface area contributed by atoms with Crippen molar-refractivity contribution in [1.29, 1.82) is 0 Å². The van der Waals surface area contributed by atoms with Gasteiger partial charge in [-0.15, -0.1) is 13.2 Å². The summed E-state index contributed by atoms with van der Waals surface area (Å²) in [7, 11) is 0. The molecule has 0 aliphatic heterocycles. The number of carboxylic acid groups (broad SMARTS) is 1. The van der Waals surface area contributed by atoms with Gasteiger partial charge in [0.05, 0.1) is 4.47 Å². The number of hydrogen-bond donors (Lipinski definition) is 2. The van der Waals surface area contributed by atoms with Gasteiger partial charge in [-0.3, -0.25) is 0 Å². The number of carboxylic acids is 1. The van der Waals surface area contributed by atoms with E-state index in [4.69, 9.17) is 4.74 Å². The van der Waals surface area contributed by atoms with E-state index in [0.717, 1.165) is 28.3 Å². The lowest BCUT2D eigenvalue weighted by Gasteiger charge is -2.19. The fourth-order valence-corrected chi connectivity index (χ4v) is 4.28. The number of amides is 1. The molecule has 4 rings (SSSR count). The normalized spacial score (nSPS) is 13.5. The van der Waals surface area contributed by atoms with Crippen LogP contribution in [0.1, 0.15) is 28.7 Å². The molecule has 176 valence electrons. The Hall–Kier alpha value is -3.53. The number of carbonyl (C=O) groups excluding carboxylic acids is 1. The molecule has 10 heteroatoms. The number of benzene rings is 3. The summed E-state index contributed by atoms with van der Waals surface area (Å²) in [5, 5.41) is 11.8. The molecule has 0 heterocycles. The van der Waals surface area contributed by atoms with E-state index in [-0.39, 0.29) is 22.6 Å². The third-order valence-corrected chi connectivity index (χ3v) is 6.02. The molecular weight excluding hydrogens is 519 g/mol. The predicted molar refractivity (Wildman–Crippen MR) is 119 cm³/mol. The van der Waals surface area contributed by atoms with Gasteiger partial charge in [0.2, 0.25) is 0 Å². The van der Waals surface area contributed by atoms with E-state index in [1.165, 1.54) is 12.1 Å². The van der Waals surface area contributed by atoms with Crippen LogP contribution in [-0.4, -0.2) is 30.1 Å². The summed E-state index contributed by atoms with van der Waals surface area (Å²) >= 11 is 2.92. The molecule has 3 aromatic rings. The molecule has 1 unspecified atom stereocenters. The lowest BCUT2D eigenvalue weighted by atomic mass is 9.98. The molecule has 3 aromatic carbocycles. The van der Waals surface area contributed by atoms with E-state index in [0.29, 0.717) is 0 Å². The molecule has 1 amide bonds. The Morgan fingerprint density at radius 3 is 2.15 bits per heavy atom. The largest absolute Gasteiger partial charge is 0.573 e. The Labute approximate surface area is 200 Å². The second kappa shape index (κ2) is 9.38. The number of halogens is 4. The monoisotopic (exact) mass is 535 g/mol. The number of hydrogen-bond acceptors (Lipinski definition) is 4. The highest BCUT2D eigenvalue weighted by Gasteiger charge is 2.33. The van der Waals surface area contributed by atoms with Gasteiger partial charge in [-0.05, 0) is 55.9 Å². The van der Waals surface area contributed by atoms with Gasteiger partial charge in [-0.1, -0.05) is 54.6 Å². The molecule has 1 aliphatic rings. The zero-order chi connectivity index (χ0) is 24.5. The van der Waals surface area contributed by atoms with Gasteiger partial charge >= 0.3 is 18.4 Å². The highest BCUT2D eigenvalue weighted by molar-refractivity contribution is 9.10. The van der Waals surface area contributed by atoms with Gasteiger partial charge < -0.3 is 19.9 Å². The van der Waals surface area contributed by atoms with Crippen molar-refractivity contribution in [2.75, 3.05) is 6.61 Å². The van der Waals surface area contributed by atoms with E-state index >= 15 is 0 Å². The Kier molecular flexibility index (Phi) is 6.52. The van der Waals surface area contributed by atoms with Crippen molar-refractivity contribution in [3.63, 3.8) is 0 Å². The minimum Gasteiger partial charge on any atom is -0.479 e. The third kappa shape index (κ3) is 5.01. The van der Waals surface area contributed by atoms with Crippen LogP contribution in [-0.2, 0) is 9.53 Å². The number of alkyl carbamates (subject to hydrolysis) is 1. The molecule has 0 fully saturated rings. The first-order valence-electron chi connectivity index (χ1n) is 10.0. The Balaban J connectivity index is 1.49. The van der Waals surface area contributed by atoms with E-state index in [2.05, 4.69) is 26.0 Å². The van der Waals surface area contributed by atoms with Crippen LogP contribution in [0.5, 0.6) is 5.75 Å². The van der Waals surface area contributed by atoms with Gasteiger partial charge in [-0.2, -0.15) is 0 Å². The summed E-state index contributed by atoms with van der Waals surface area (Å²) in [5.74, 6) is -2.35. The zero-order valence-electron chi connectivity index (χ0n) is 17.3. The maximum Gasteiger partial charge on any atom is 0.573 e. The standard InChI is InChI=1S/C24H17BrF3NO5/c25-19-10-9-13(11-20(19)34-24(26,27)28)21(22(30)31)29-23(32)33-12-18-16-7-3-1-5-14(16)15-6-2-4-8-17(15)18/h1-11,18,21H,12H2,(H,29,32)(H,30,31). The van der Waals surface area contributed by atoms with Crippen molar-refractivity contribution < 1.29 is 37.3 Å². The molecule has 2 N–H and O–H groups in total. The van der Waals surface area contributed by atoms with Gasteiger partial charge in [0.1, 0.15) is 12.4 Å². The molecule has 0 saturated carbocycles. The predicted octanol–water partition coefficient (Wildman–Crippen LogP) is 6.01. The minimum absolute atomic E-state index is 0.0288. The lowest BCUT2D eigenvalue weighted by molar-refractivity contribution is -0.274. The molecule has 6 nitrogen and oxygen atoms in total. The topological polar surface area (TPSA) is 84.9 Å². The smallest absolute Gasteiger partial charge is 0.479 e. The fraction of sp³-hybridized carbons (Fsp3) is 0.167.